The van der Waals surface area contributed by atoms with E-state index in [1.165, 1.54) is 11.3 Å². The summed E-state index contributed by atoms with van der Waals surface area (Å²) in [4.78, 5) is 2.45. The average molecular weight is 242 g/mol. The van der Waals surface area contributed by atoms with Gasteiger partial charge in [0.25, 0.3) is 0 Å². The summed E-state index contributed by atoms with van der Waals surface area (Å²) >= 11 is 0. The van der Waals surface area contributed by atoms with Crippen LogP contribution in [-0.4, -0.2) is 21.2 Å². The number of fused-ring (bicyclic) bond motifs is 1. The fraction of sp³-hybridized carbons (Fsp3) is 0.357. The molecule has 0 atom stereocenters. The molecule has 1 aromatic carbocycles. The molecule has 0 radical (unpaired) electrons. The van der Waals surface area contributed by atoms with Gasteiger partial charge < -0.3 is 5.73 Å². The van der Waals surface area contributed by atoms with E-state index >= 15 is 0 Å². The van der Waals surface area contributed by atoms with Gasteiger partial charge in [-0.15, -0.1) is 0 Å². The van der Waals surface area contributed by atoms with E-state index in [1.54, 1.807) is 0 Å². The highest BCUT2D eigenvalue weighted by molar-refractivity contribution is 5.29. The first-order valence-electron chi connectivity index (χ1n) is 6.40. The van der Waals surface area contributed by atoms with Crippen molar-refractivity contribution in [3.8, 4) is 0 Å². The zero-order chi connectivity index (χ0) is 12.4. The largest absolute Gasteiger partial charge is 0.382 e. The first-order chi connectivity index (χ1) is 8.81. The Bertz CT molecular complexity index is 518. The van der Waals surface area contributed by atoms with Gasteiger partial charge in [0.15, 0.2) is 0 Å². The lowest BCUT2D eigenvalue weighted by Gasteiger charge is -2.19. The Morgan fingerprint density at radius 2 is 2.00 bits per heavy atom. The molecule has 0 aliphatic carbocycles. The van der Waals surface area contributed by atoms with Gasteiger partial charge in [-0.25, -0.2) is 0 Å². The molecule has 94 valence electrons. The molecule has 3 rings (SSSR count). The second-order valence-corrected chi connectivity index (χ2v) is 4.83. The lowest BCUT2D eigenvalue weighted by molar-refractivity contribution is 0.261. The monoisotopic (exact) mass is 242 g/mol. The van der Waals surface area contributed by atoms with Gasteiger partial charge in [-0.1, -0.05) is 30.3 Å². The molecule has 2 N–H and O–H groups in total. The van der Waals surface area contributed by atoms with Crippen molar-refractivity contribution in [3.63, 3.8) is 0 Å². The van der Waals surface area contributed by atoms with Crippen LogP contribution in [0, 0.1) is 0 Å². The quantitative estimate of drug-likeness (QED) is 0.874. The highest BCUT2D eigenvalue weighted by Crippen LogP contribution is 2.16. The average Bonchev–Trinajstić information content (AvgIpc) is 2.60. The third-order valence-electron chi connectivity index (χ3n) is 3.36. The van der Waals surface area contributed by atoms with Crippen LogP contribution < -0.4 is 5.73 Å². The van der Waals surface area contributed by atoms with Crippen LogP contribution in [0.4, 0.5) is 5.82 Å². The minimum absolute atomic E-state index is 0.631. The Kier molecular flexibility index (Phi) is 3.02. The molecule has 0 fully saturated rings. The lowest BCUT2D eigenvalue weighted by atomic mass is 10.2. The molecule has 2 aromatic rings. The summed E-state index contributed by atoms with van der Waals surface area (Å²) in [6.07, 6.45) is 1.13. The molecule has 0 amide bonds. The molecule has 18 heavy (non-hydrogen) atoms. The maximum atomic E-state index is 5.76. The predicted molar refractivity (Wildman–Crippen MR) is 71.8 cm³/mol. The number of aromatic nitrogens is 2. The first-order valence-corrected chi connectivity index (χ1v) is 6.40. The number of anilines is 1. The van der Waals surface area contributed by atoms with Crippen LogP contribution in [0.2, 0.25) is 0 Å². The SMILES string of the molecule is Nc1cc2n(n1)CCCN(Cc1ccccc1)C2. The van der Waals surface area contributed by atoms with Gasteiger partial charge >= 0.3 is 0 Å². The van der Waals surface area contributed by atoms with Crippen LogP contribution in [0.25, 0.3) is 0 Å². The van der Waals surface area contributed by atoms with Gasteiger partial charge in [0, 0.05) is 32.2 Å². The summed E-state index contributed by atoms with van der Waals surface area (Å²) in [5, 5.41) is 4.32. The second-order valence-electron chi connectivity index (χ2n) is 4.83. The summed E-state index contributed by atoms with van der Waals surface area (Å²) in [6, 6.07) is 12.6. The van der Waals surface area contributed by atoms with E-state index in [4.69, 9.17) is 5.73 Å². The van der Waals surface area contributed by atoms with Crippen molar-refractivity contribution in [1.82, 2.24) is 14.7 Å². The van der Waals surface area contributed by atoms with Gasteiger partial charge in [0.2, 0.25) is 0 Å². The predicted octanol–water partition coefficient (Wildman–Crippen LogP) is 1.87. The molecule has 4 heteroatoms. The summed E-state index contributed by atoms with van der Waals surface area (Å²) in [5.41, 5.74) is 8.34. The highest BCUT2D eigenvalue weighted by Gasteiger charge is 2.15. The van der Waals surface area contributed by atoms with E-state index in [0.717, 1.165) is 32.6 Å². The van der Waals surface area contributed by atoms with Crippen molar-refractivity contribution < 1.29 is 0 Å². The van der Waals surface area contributed by atoms with Crippen LogP contribution in [0.1, 0.15) is 17.7 Å². The third-order valence-corrected chi connectivity index (χ3v) is 3.36. The normalized spacial score (nSPS) is 16.2. The van der Waals surface area contributed by atoms with Crippen molar-refractivity contribution >= 4 is 5.82 Å². The van der Waals surface area contributed by atoms with E-state index < -0.39 is 0 Å². The molecular weight excluding hydrogens is 224 g/mol. The maximum absolute atomic E-state index is 5.76. The summed E-state index contributed by atoms with van der Waals surface area (Å²) < 4.78 is 2.04. The fourth-order valence-corrected chi connectivity index (χ4v) is 2.53. The lowest BCUT2D eigenvalue weighted by Crippen LogP contribution is -2.22. The van der Waals surface area contributed by atoms with Gasteiger partial charge in [0.1, 0.15) is 5.82 Å². The molecule has 2 heterocycles. The van der Waals surface area contributed by atoms with E-state index in [2.05, 4.69) is 40.3 Å². The number of nitrogens with zero attached hydrogens (tertiary/aromatic N) is 3. The zero-order valence-corrected chi connectivity index (χ0v) is 10.4. The van der Waals surface area contributed by atoms with E-state index in [1.807, 2.05) is 10.7 Å². The van der Waals surface area contributed by atoms with E-state index in [9.17, 15) is 0 Å². The van der Waals surface area contributed by atoms with Crippen LogP contribution in [0.15, 0.2) is 36.4 Å². The highest BCUT2D eigenvalue weighted by atomic mass is 15.3. The molecule has 0 saturated carbocycles. The molecule has 1 aromatic heterocycles. The summed E-state index contributed by atoms with van der Waals surface area (Å²) in [7, 11) is 0. The minimum atomic E-state index is 0.631. The zero-order valence-electron chi connectivity index (χ0n) is 10.4. The molecule has 0 spiro atoms. The van der Waals surface area contributed by atoms with Crippen molar-refractivity contribution in [2.45, 2.75) is 26.1 Å². The van der Waals surface area contributed by atoms with Crippen LogP contribution in [0.3, 0.4) is 0 Å². The van der Waals surface area contributed by atoms with Gasteiger partial charge in [-0.3, -0.25) is 9.58 Å². The van der Waals surface area contributed by atoms with Crippen LogP contribution in [-0.2, 0) is 19.6 Å². The van der Waals surface area contributed by atoms with Crippen LogP contribution >= 0.6 is 0 Å². The maximum Gasteiger partial charge on any atom is 0.145 e. The summed E-state index contributed by atoms with van der Waals surface area (Å²) in [5.74, 6) is 0.631. The second kappa shape index (κ2) is 4.82. The fourth-order valence-electron chi connectivity index (χ4n) is 2.53. The topological polar surface area (TPSA) is 47.1 Å². The van der Waals surface area contributed by atoms with Crippen molar-refractivity contribution in [3.05, 3.63) is 47.7 Å². The Morgan fingerprint density at radius 1 is 1.17 bits per heavy atom. The van der Waals surface area contributed by atoms with Gasteiger partial charge in [-0.05, 0) is 12.0 Å². The molecule has 1 aliphatic rings. The molecule has 1 aliphatic heterocycles. The Labute approximate surface area is 107 Å². The number of nitrogen functional groups attached to an aromatic ring is 1. The Morgan fingerprint density at radius 3 is 2.83 bits per heavy atom. The number of hydrogen-bond donors (Lipinski definition) is 1. The summed E-state index contributed by atoms with van der Waals surface area (Å²) in [6.45, 7) is 4.00. The van der Waals surface area contributed by atoms with Crippen LogP contribution in [0.5, 0.6) is 0 Å². The smallest absolute Gasteiger partial charge is 0.145 e. The third kappa shape index (κ3) is 2.38. The van der Waals surface area contributed by atoms with E-state index in [-0.39, 0.29) is 0 Å². The van der Waals surface area contributed by atoms with Crippen molar-refractivity contribution in [2.75, 3.05) is 12.3 Å². The molecule has 0 saturated heterocycles. The van der Waals surface area contributed by atoms with Crippen molar-refractivity contribution in [1.29, 1.82) is 0 Å². The Balaban J connectivity index is 1.75. The van der Waals surface area contributed by atoms with Gasteiger partial charge in [0.05, 0.1) is 5.69 Å². The number of benzene rings is 1. The minimum Gasteiger partial charge on any atom is -0.382 e. The van der Waals surface area contributed by atoms with Crippen molar-refractivity contribution in [2.24, 2.45) is 0 Å². The molecular formula is C14H18N4. The molecule has 0 bridgehead atoms. The first kappa shape index (κ1) is 11.3. The molecule has 0 unspecified atom stereocenters. The standard InChI is InChI=1S/C14H18N4/c15-14-9-13-11-17(7-4-8-18(13)16-14)10-12-5-2-1-3-6-12/h1-3,5-6,9H,4,7-8,10-11H2,(H2,15,16). The molecule has 4 nitrogen and oxygen atoms in total. The number of hydrogen-bond acceptors (Lipinski definition) is 3. The van der Waals surface area contributed by atoms with Gasteiger partial charge in [-0.2, -0.15) is 5.10 Å². The number of rotatable bonds is 2. The number of aryl methyl sites for hydroxylation is 1. The number of nitrogens with two attached hydrogens (primary N) is 1. The Hall–Kier alpha value is -1.81. The van der Waals surface area contributed by atoms with E-state index in [0.29, 0.717) is 5.82 Å².